The number of carbonyl (C=O) groups excluding carboxylic acids is 1. The smallest absolute Gasteiger partial charge is 0.353 e. The number of hydrogen-bond acceptors (Lipinski definition) is 8. The van der Waals surface area contributed by atoms with Crippen LogP contribution in [0.4, 0.5) is 13.2 Å². The number of nitrogens with zero attached hydrogens (tertiary/aromatic N) is 7. The molecule has 0 aliphatic carbocycles. The first-order valence-electron chi connectivity index (χ1n) is 9.56. The molecule has 5 rings (SSSR count). The van der Waals surface area contributed by atoms with E-state index in [0.717, 1.165) is 12.1 Å². The first-order valence-corrected chi connectivity index (χ1v) is 9.56. The molecule has 0 fully saturated rings. The Morgan fingerprint density at radius 1 is 1.24 bits per heavy atom. The minimum atomic E-state index is -4.47. The number of alkyl halides is 3. The maximum atomic E-state index is 12.9. The number of amides is 1. The second-order valence-corrected chi connectivity index (χ2v) is 7.23. The number of aromatic nitrogens is 8. The lowest BCUT2D eigenvalue weighted by molar-refractivity contribution is -0.137. The van der Waals surface area contributed by atoms with E-state index in [1.807, 2.05) is 0 Å². The molecule has 0 bridgehead atoms. The highest BCUT2D eigenvalue weighted by molar-refractivity contribution is 6.02. The zero-order chi connectivity index (χ0) is 23.3. The number of halogens is 3. The van der Waals surface area contributed by atoms with Crippen molar-refractivity contribution < 1.29 is 22.5 Å². The van der Waals surface area contributed by atoms with E-state index in [-0.39, 0.29) is 28.3 Å². The molecule has 5 aromatic rings. The Hall–Kier alpha value is -4.36. The van der Waals surface area contributed by atoms with E-state index < -0.39 is 23.7 Å². The number of fused-ring (bicyclic) bond motifs is 2. The van der Waals surface area contributed by atoms with Gasteiger partial charge in [0.15, 0.2) is 22.7 Å². The molecule has 0 spiro atoms. The zero-order valence-electron chi connectivity index (χ0n) is 17.0. The summed E-state index contributed by atoms with van der Waals surface area (Å²) in [5.41, 5.74) is 0.850. The average molecular weight is 457 g/mol. The van der Waals surface area contributed by atoms with Crippen molar-refractivity contribution in [2.75, 3.05) is 0 Å². The Morgan fingerprint density at radius 3 is 2.85 bits per heavy atom. The minimum absolute atomic E-state index is 0.0569. The lowest BCUT2D eigenvalue weighted by Crippen LogP contribution is -2.28. The summed E-state index contributed by atoms with van der Waals surface area (Å²) in [7, 11) is 1.64. The lowest BCUT2D eigenvalue weighted by Gasteiger charge is -2.10. The van der Waals surface area contributed by atoms with Gasteiger partial charge in [-0.3, -0.25) is 4.79 Å². The summed E-state index contributed by atoms with van der Waals surface area (Å²) in [5, 5.41) is 14.4. The molecule has 4 aromatic heterocycles. The van der Waals surface area contributed by atoms with Crippen molar-refractivity contribution >= 4 is 28.1 Å². The fourth-order valence-corrected chi connectivity index (χ4v) is 3.26. The third-order valence-corrected chi connectivity index (χ3v) is 4.97. The van der Waals surface area contributed by atoms with Crippen LogP contribution in [0.2, 0.25) is 0 Å². The van der Waals surface area contributed by atoms with Crippen LogP contribution in [0, 0.1) is 0 Å². The van der Waals surface area contributed by atoms with E-state index >= 15 is 0 Å². The Labute approximate surface area is 182 Å². The van der Waals surface area contributed by atoms with E-state index in [4.69, 9.17) is 4.52 Å². The number of aromatic amines is 1. The van der Waals surface area contributed by atoms with Crippen LogP contribution < -0.4 is 5.32 Å². The Morgan fingerprint density at radius 2 is 2.06 bits per heavy atom. The second kappa shape index (κ2) is 7.36. The quantitative estimate of drug-likeness (QED) is 0.420. The van der Waals surface area contributed by atoms with Crippen LogP contribution in [0.15, 0.2) is 35.1 Å². The number of hydrogen-bond donors (Lipinski definition) is 2. The largest absolute Gasteiger partial charge is 0.416 e. The van der Waals surface area contributed by atoms with E-state index in [2.05, 4.69) is 40.7 Å². The lowest BCUT2D eigenvalue weighted by atomic mass is 10.2. The fourth-order valence-electron chi connectivity index (χ4n) is 3.26. The summed E-state index contributed by atoms with van der Waals surface area (Å²) in [5.74, 6) is -0.101. The predicted molar refractivity (Wildman–Crippen MR) is 107 cm³/mol. The van der Waals surface area contributed by atoms with Gasteiger partial charge >= 0.3 is 6.18 Å². The van der Waals surface area contributed by atoms with Gasteiger partial charge in [0, 0.05) is 13.1 Å². The monoisotopic (exact) mass is 457 g/mol. The van der Waals surface area contributed by atoms with Crippen molar-refractivity contribution in [3.05, 3.63) is 47.5 Å². The highest BCUT2D eigenvalue weighted by Crippen LogP contribution is 2.32. The van der Waals surface area contributed by atoms with Gasteiger partial charge in [0.05, 0.1) is 22.6 Å². The number of rotatable bonds is 4. The molecule has 0 radical (unpaired) electrons. The van der Waals surface area contributed by atoms with Crippen molar-refractivity contribution in [2.45, 2.75) is 19.1 Å². The molecule has 2 N–H and O–H groups in total. The summed E-state index contributed by atoms with van der Waals surface area (Å²) in [6, 6.07) is 4.15. The first-order chi connectivity index (χ1) is 15.7. The summed E-state index contributed by atoms with van der Waals surface area (Å²) in [6.07, 6.45) is -3.22. The molecule has 0 saturated carbocycles. The number of benzene rings is 1. The molecule has 1 atom stereocenters. The van der Waals surface area contributed by atoms with E-state index in [1.165, 1.54) is 23.1 Å². The van der Waals surface area contributed by atoms with Gasteiger partial charge in [0.1, 0.15) is 12.0 Å². The summed E-state index contributed by atoms with van der Waals surface area (Å²) in [4.78, 5) is 27.8. The molecule has 4 heterocycles. The van der Waals surface area contributed by atoms with Crippen LogP contribution >= 0.6 is 0 Å². The van der Waals surface area contributed by atoms with Crippen LogP contribution in [0.1, 0.15) is 34.7 Å². The first kappa shape index (κ1) is 20.5. The van der Waals surface area contributed by atoms with Crippen molar-refractivity contribution in [1.29, 1.82) is 0 Å². The molecule has 0 saturated heterocycles. The summed E-state index contributed by atoms with van der Waals surface area (Å²) in [6.45, 7) is 1.68. The van der Waals surface area contributed by atoms with Crippen LogP contribution in [-0.4, -0.2) is 46.0 Å². The van der Waals surface area contributed by atoms with Crippen LogP contribution in [0.25, 0.3) is 33.8 Å². The SMILES string of the molecule is C[C@@H](NC(=O)c1ncnc2c1nnn2C)c1cc(-c2nc3ccc(C(F)(F)F)cc3[nH]2)on1. The third-order valence-electron chi connectivity index (χ3n) is 4.97. The molecule has 0 aliphatic rings. The van der Waals surface area contributed by atoms with Gasteiger partial charge in [0.25, 0.3) is 5.91 Å². The van der Waals surface area contributed by atoms with Gasteiger partial charge in [0.2, 0.25) is 5.76 Å². The minimum Gasteiger partial charge on any atom is -0.353 e. The molecule has 0 aliphatic heterocycles. The van der Waals surface area contributed by atoms with Gasteiger partial charge < -0.3 is 14.8 Å². The third kappa shape index (κ3) is 3.64. The van der Waals surface area contributed by atoms with Crippen molar-refractivity contribution in [3.63, 3.8) is 0 Å². The Kier molecular flexibility index (Phi) is 4.58. The number of nitrogens with one attached hydrogen (secondary N) is 2. The number of H-pyrrole nitrogens is 1. The van der Waals surface area contributed by atoms with Gasteiger partial charge in [-0.1, -0.05) is 10.4 Å². The Bertz CT molecular complexity index is 1500. The van der Waals surface area contributed by atoms with Crippen LogP contribution in [-0.2, 0) is 13.2 Å². The molecule has 11 nitrogen and oxygen atoms in total. The summed E-state index contributed by atoms with van der Waals surface area (Å²) >= 11 is 0. The average Bonchev–Trinajstić information content (AvgIpc) is 3.50. The molecule has 14 heteroatoms. The molecular formula is C19H14F3N9O2. The van der Waals surface area contributed by atoms with Gasteiger partial charge in [-0.15, -0.1) is 5.10 Å². The van der Waals surface area contributed by atoms with Gasteiger partial charge in [-0.2, -0.15) is 13.2 Å². The summed E-state index contributed by atoms with van der Waals surface area (Å²) < 4.78 is 45.5. The normalized spacial score (nSPS) is 13.0. The maximum Gasteiger partial charge on any atom is 0.416 e. The zero-order valence-corrected chi connectivity index (χ0v) is 17.0. The van der Waals surface area contributed by atoms with Gasteiger partial charge in [-0.25, -0.2) is 19.6 Å². The standard InChI is InChI=1S/C19H14F3N9O2/c1-8(25-18(32)15-14-17(24-7-23-15)31(2)30-28-14)11-6-13(33-29-11)16-26-10-4-3-9(19(20,21)22)5-12(10)27-16/h3-8H,1-2H3,(H,25,32)(H,26,27)/t8-/m1/s1. The highest BCUT2D eigenvalue weighted by atomic mass is 19.4. The van der Waals surface area contributed by atoms with E-state index in [0.29, 0.717) is 16.9 Å². The molecule has 1 aromatic carbocycles. The molecule has 168 valence electrons. The number of aryl methyl sites for hydroxylation is 1. The van der Waals surface area contributed by atoms with Crippen LogP contribution in [0.5, 0.6) is 0 Å². The van der Waals surface area contributed by atoms with E-state index in [9.17, 15) is 18.0 Å². The second-order valence-electron chi connectivity index (χ2n) is 7.23. The Balaban J connectivity index is 1.37. The van der Waals surface area contributed by atoms with Crippen molar-refractivity contribution in [2.24, 2.45) is 7.05 Å². The molecule has 33 heavy (non-hydrogen) atoms. The predicted octanol–water partition coefficient (Wildman–Crippen LogP) is 2.80. The number of imidazole rings is 1. The number of carbonyl (C=O) groups is 1. The molecular weight excluding hydrogens is 443 g/mol. The van der Waals surface area contributed by atoms with Crippen LogP contribution in [0.3, 0.4) is 0 Å². The van der Waals surface area contributed by atoms with Crippen molar-refractivity contribution in [1.82, 2.24) is 45.4 Å². The highest BCUT2D eigenvalue weighted by Gasteiger charge is 2.31. The fraction of sp³-hybridized carbons (Fsp3) is 0.211. The van der Waals surface area contributed by atoms with E-state index in [1.54, 1.807) is 14.0 Å². The maximum absolute atomic E-state index is 12.9. The van der Waals surface area contributed by atoms with Crippen molar-refractivity contribution in [3.8, 4) is 11.6 Å². The molecule has 0 unspecified atom stereocenters. The topological polar surface area (TPSA) is 140 Å². The molecule has 1 amide bonds. The van der Waals surface area contributed by atoms with Gasteiger partial charge in [-0.05, 0) is 25.1 Å².